The number of carbonyl (C=O) groups is 2. The number of hydrogen-bond donors (Lipinski definition) is 2. The highest BCUT2D eigenvalue weighted by Gasteiger charge is 2.38. The molecule has 2 N–H and O–H groups in total. The van der Waals surface area contributed by atoms with Crippen LogP contribution in [0, 0.1) is 6.92 Å². The van der Waals surface area contributed by atoms with Crippen molar-refractivity contribution in [2.45, 2.75) is 50.5 Å². The second-order valence-electron chi connectivity index (χ2n) is 8.23. The number of amides is 2. The van der Waals surface area contributed by atoms with Crippen molar-refractivity contribution in [2.24, 2.45) is 0 Å². The molecule has 0 saturated carbocycles. The van der Waals surface area contributed by atoms with E-state index >= 15 is 0 Å². The predicted octanol–water partition coefficient (Wildman–Crippen LogP) is 1.32. The molecule has 160 valence electrons. The molecule has 1 aromatic carbocycles. The number of carbonyl (C=O) groups excluding carboxylic acids is 2. The van der Waals surface area contributed by atoms with Crippen molar-refractivity contribution in [3.8, 4) is 0 Å². The largest absolute Gasteiger partial charge is 0.353 e. The van der Waals surface area contributed by atoms with Crippen molar-refractivity contribution in [3.63, 3.8) is 0 Å². The van der Waals surface area contributed by atoms with Gasteiger partial charge in [0.1, 0.15) is 0 Å². The van der Waals surface area contributed by atoms with E-state index in [0.717, 1.165) is 24.8 Å². The Labute approximate surface area is 172 Å². The standard InChI is InChI=1S/C20H30N4O4S/c1-15-7-8-16(29(27,28)24-10-5-4-6-11-24)13-17(15)22-18(25)14-23-12-9-21-19(26)20(23,2)3/h7-8,13H,4-6,9-12,14H2,1-3H3,(H,21,26)(H,22,25). The molecule has 0 aromatic heterocycles. The van der Waals surface area contributed by atoms with Gasteiger partial charge >= 0.3 is 0 Å². The summed E-state index contributed by atoms with van der Waals surface area (Å²) in [5, 5.41) is 5.64. The van der Waals surface area contributed by atoms with Gasteiger partial charge in [-0.3, -0.25) is 14.5 Å². The molecule has 29 heavy (non-hydrogen) atoms. The summed E-state index contributed by atoms with van der Waals surface area (Å²) in [5.74, 6) is -0.384. The van der Waals surface area contributed by atoms with Gasteiger partial charge in [-0.25, -0.2) is 8.42 Å². The highest BCUT2D eigenvalue weighted by Crippen LogP contribution is 2.25. The van der Waals surface area contributed by atoms with E-state index in [1.165, 1.54) is 10.4 Å². The van der Waals surface area contributed by atoms with E-state index in [4.69, 9.17) is 0 Å². The second-order valence-corrected chi connectivity index (χ2v) is 10.2. The molecular weight excluding hydrogens is 392 g/mol. The molecule has 0 radical (unpaired) electrons. The van der Waals surface area contributed by atoms with Crippen LogP contribution < -0.4 is 10.6 Å². The fourth-order valence-corrected chi connectivity index (χ4v) is 5.28. The Bertz CT molecular complexity index is 892. The van der Waals surface area contributed by atoms with Crippen LogP contribution in [0.3, 0.4) is 0 Å². The maximum Gasteiger partial charge on any atom is 0.243 e. The Morgan fingerprint density at radius 3 is 2.55 bits per heavy atom. The second kappa shape index (κ2) is 8.41. The van der Waals surface area contributed by atoms with Gasteiger partial charge in [0, 0.05) is 31.9 Å². The first-order valence-corrected chi connectivity index (χ1v) is 11.5. The fourth-order valence-electron chi connectivity index (χ4n) is 3.73. The number of rotatable bonds is 5. The Morgan fingerprint density at radius 1 is 1.17 bits per heavy atom. The van der Waals surface area contributed by atoms with Crippen molar-refractivity contribution in [3.05, 3.63) is 23.8 Å². The van der Waals surface area contributed by atoms with Gasteiger partial charge in [0.2, 0.25) is 21.8 Å². The average Bonchev–Trinajstić information content (AvgIpc) is 2.68. The third-order valence-corrected chi connectivity index (χ3v) is 7.68. The highest BCUT2D eigenvalue weighted by molar-refractivity contribution is 7.89. The molecule has 0 spiro atoms. The van der Waals surface area contributed by atoms with Crippen molar-refractivity contribution in [1.82, 2.24) is 14.5 Å². The zero-order valence-corrected chi connectivity index (χ0v) is 18.1. The molecule has 8 nitrogen and oxygen atoms in total. The summed E-state index contributed by atoms with van der Waals surface area (Å²) in [6.45, 7) is 7.59. The van der Waals surface area contributed by atoms with Crippen LogP contribution in [0.2, 0.25) is 0 Å². The lowest BCUT2D eigenvalue weighted by molar-refractivity contribution is -0.136. The van der Waals surface area contributed by atoms with Gasteiger partial charge < -0.3 is 10.6 Å². The van der Waals surface area contributed by atoms with Gasteiger partial charge in [-0.2, -0.15) is 4.31 Å². The van der Waals surface area contributed by atoms with E-state index in [1.54, 1.807) is 26.0 Å². The van der Waals surface area contributed by atoms with Gasteiger partial charge in [0.05, 0.1) is 17.0 Å². The lowest BCUT2D eigenvalue weighted by atomic mass is 9.99. The predicted molar refractivity (Wildman–Crippen MR) is 111 cm³/mol. The maximum absolute atomic E-state index is 12.9. The molecule has 2 amide bonds. The smallest absolute Gasteiger partial charge is 0.243 e. The number of piperazine rings is 1. The number of nitrogens with zero attached hydrogens (tertiary/aromatic N) is 2. The van der Waals surface area contributed by atoms with Crippen LogP contribution in [0.1, 0.15) is 38.7 Å². The summed E-state index contributed by atoms with van der Waals surface area (Å²) in [7, 11) is -3.57. The Kier molecular flexibility index (Phi) is 6.30. The molecule has 3 rings (SSSR count). The van der Waals surface area contributed by atoms with Gasteiger partial charge in [0.15, 0.2) is 0 Å². The zero-order valence-electron chi connectivity index (χ0n) is 17.3. The van der Waals surface area contributed by atoms with Crippen molar-refractivity contribution < 1.29 is 18.0 Å². The van der Waals surface area contributed by atoms with E-state index in [-0.39, 0.29) is 23.3 Å². The average molecular weight is 423 g/mol. The first-order valence-electron chi connectivity index (χ1n) is 10.1. The molecule has 2 aliphatic rings. The van der Waals surface area contributed by atoms with Gasteiger partial charge in [-0.15, -0.1) is 0 Å². The van der Waals surface area contributed by atoms with Gasteiger partial charge in [-0.05, 0) is 51.3 Å². The topological polar surface area (TPSA) is 98.8 Å². The van der Waals surface area contributed by atoms with Crippen LogP contribution in [0.5, 0.6) is 0 Å². The van der Waals surface area contributed by atoms with Crippen LogP contribution >= 0.6 is 0 Å². The number of nitrogens with one attached hydrogen (secondary N) is 2. The van der Waals surface area contributed by atoms with E-state index < -0.39 is 15.6 Å². The molecule has 2 aliphatic heterocycles. The number of benzene rings is 1. The SMILES string of the molecule is Cc1ccc(S(=O)(=O)N2CCCCC2)cc1NC(=O)CN1CCNC(=O)C1(C)C. The minimum absolute atomic E-state index is 0.0585. The lowest BCUT2D eigenvalue weighted by Crippen LogP contribution is -2.62. The molecule has 1 aromatic rings. The summed E-state index contributed by atoms with van der Waals surface area (Å²) in [6.07, 6.45) is 2.79. The van der Waals surface area contributed by atoms with Crippen LogP contribution in [0.15, 0.2) is 23.1 Å². The van der Waals surface area contributed by atoms with Crippen LogP contribution in [0.4, 0.5) is 5.69 Å². The third kappa shape index (κ3) is 4.62. The normalized spacial score (nSPS) is 20.9. The number of piperidine rings is 1. The Morgan fingerprint density at radius 2 is 1.86 bits per heavy atom. The minimum atomic E-state index is -3.57. The molecule has 0 bridgehead atoms. The summed E-state index contributed by atoms with van der Waals surface area (Å²) in [6, 6.07) is 4.84. The minimum Gasteiger partial charge on any atom is -0.353 e. The van der Waals surface area contributed by atoms with E-state index in [0.29, 0.717) is 31.9 Å². The van der Waals surface area contributed by atoms with Crippen LogP contribution in [0.25, 0.3) is 0 Å². The highest BCUT2D eigenvalue weighted by atomic mass is 32.2. The summed E-state index contributed by atoms with van der Waals surface area (Å²) < 4.78 is 27.4. The Balaban J connectivity index is 1.75. The number of aryl methyl sites for hydroxylation is 1. The number of hydrogen-bond acceptors (Lipinski definition) is 5. The fraction of sp³-hybridized carbons (Fsp3) is 0.600. The molecule has 0 atom stereocenters. The molecule has 2 fully saturated rings. The summed E-state index contributed by atoms with van der Waals surface area (Å²) >= 11 is 0. The van der Waals surface area contributed by atoms with Gasteiger partial charge in [0.25, 0.3) is 0 Å². The number of anilines is 1. The van der Waals surface area contributed by atoms with Crippen LogP contribution in [-0.4, -0.2) is 67.7 Å². The molecule has 2 saturated heterocycles. The number of sulfonamides is 1. The first-order chi connectivity index (χ1) is 13.6. The van der Waals surface area contributed by atoms with E-state index in [2.05, 4.69) is 10.6 Å². The van der Waals surface area contributed by atoms with Crippen molar-refractivity contribution >= 4 is 27.5 Å². The maximum atomic E-state index is 12.9. The van der Waals surface area contributed by atoms with Crippen molar-refractivity contribution in [1.29, 1.82) is 0 Å². The quantitative estimate of drug-likeness (QED) is 0.746. The Hall–Kier alpha value is -1.97. The molecule has 9 heteroatoms. The van der Waals surface area contributed by atoms with Gasteiger partial charge in [-0.1, -0.05) is 12.5 Å². The third-order valence-electron chi connectivity index (χ3n) is 5.78. The molecule has 0 unspecified atom stereocenters. The van der Waals surface area contributed by atoms with E-state index in [1.807, 2.05) is 11.8 Å². The zero-order chi connectivity index (χ0) is 21.2. The first kappa shape index (κ1) is 21.7. The monoisotopic (exact) mass is 422 g/mol. The molecule has 0 aliphatic carbocycles. The molecular formula is C20H30N4O4S. The lowest BCUT2D eigenvalue weighted by Gasteiger charge is -2.40. The van der Waals surface area contributed by atoms with E-state index in [9.17, 15) is 18.0 Å². The summed E-state index contributed by atoms with van der Waals surface area (Å²) in [5.41, 5.74) is 0.489. The molecule has 2 heterocycles. The van der Waals surface area contributed by atoms with Crippen LogP contribution in [-0.2, 0) is 19.6 Å². The van der Waals surface area contributed by atoms with Crippen molar-refractivity contribution in [2.75, 3.05) is 38.0 Å². The summed E-state index contributed by atoms with van der Waals surface area (Å²) in [4.78, 5) is 26.7.